The molecular weight excluding hydrogens is 1470 g/mol. The molecule has 7 aromatic rings. The standard InChI is InChI=1S/C80H94N8O23S/c1-44-36-78(3)40-79(4,42-80(37-44,41-78)43-88-45(2)53(38-82-88)50-24-25-54(83-61(50)71(99)100)48-23-22-47-15-12-16-51(52(47)35-48)70(98)85-76-84-55-17-7-8-18-57(55)112-76)108-33-31-86(29-13-32-106-74-66(96)62(92)64(94)68(110-74)72(101)102)77(105)107-39-49-21-20-46(34-56(49)109-75-67(97)63(93)65(95)69(111-75)73(103)104)14-9-10-28-81-58(89)19-6-5-11-30-87-59(90)26-27-60(87)91/h7-8,12,15-18,20-27,34-35,38,44,62-69,74-75,92-97H,5-6,9-11,13-14,19,28-33,36-37,39-43H2,1-4H3,(H,81,89)(H,99,100)(H,101,102)(H,103,104)(H,84,85,98)/t44?,62-,63-,64-,65-,66+,67+,68-,69-,74+,75+,78?,79?,80?/m0/s1. The van der Waals surface area contributed by atoms with Gasteiger partial charge in [-0.2, -0.15) is 5.10 Å². The molecule has 2 saturated heterocycles. The fourth-order valence-corrected chi connectivity index (χ4v) is 17.8. The Bertz CT molecular complexity index is 4640. The average Bonchev–Trinajstić information content (AvgIpc) is 1.02. The van der Waals surface area contributed by atoms with Crippen molar-refractivity contribution in [2.45, 2.75) is 191 Å². The number of benzene rings is 4. The fourth-order valence-electron chi connectivity index (χ4n) is 16.9. The van der Waals surface area contributed by atoms with Crippen molar-refractivity contribution in [1.82, 2.24) is 34.9 Å². The summed E-state index contributed by atoms with van der Waals surface area (Å²) in [6.07, 6.45) is -8.71. The van der Waals surface area contributed by atoms with E-state index in [4.69, 9.17) is 38.5 Å². The predicted molar refractivity (Wildman–Crippen MR) is 403 cm³/mol. The van der Waals surface area contributed by atoms with Crippen LogP contribution in [-0.2, 0) is 67.2 Å². The molecule has 4 fully saturated rings. The molecule has 2 bridgehead atoms. The van der Waals surface area contributed by atoms with Crippen molar-refractivity contribution in [2.75, 3.05) is 44.7 Å². The van der Waals surface area contributed by atoms with Gasteiger partial charge in [0.05, 0.1) is 40.9 Å². The number of carbonyl (C=O) groups is 8. The first kappa shape index (κ1) is 81.8. The lowest BCUT2D eigenvalue weighted by molar-refractivity contribution is -0.294. The molecule has 3 aliphatic heterocycles. The van der Waals surface area contributed by atoms with Crippen molar-refractivity contribution in [3.63, 3.8) is 0 Å². The Balaban J connectivity index is 0.727. The number of hydrogen-bond donors (Lipinski definition) is 11. The lowest BCUT2D eigenvalue weighted by Crippen LogP contribution is -2.61. The molecule has 0 radical (unpaired) electrons. The normalized spacial score (nSPS) is 26.3. The van der Waals surface area contributed by atoms with Gasteiger partial charge in [0.25, 0.3) is 17.7 Å². The third kappa shape index (κ3) is 19.0. The van der Waals surface area contributed by atoms with E-state index in [1.54, 1.807) is 48.7 Å². The van der Waals surface area contributed by atoms with E-state index in [2.05, 4.69) is 29.5 Å². The predicted octanol–water partition coefficient (Wildman–Crippen LogP) is 7.15. The minimum atomic E-state index is -2.03. The molecule has 3 aromatic heterocycles. The number of fused-ring (bicyclic) bond motifs is 4. The van der Waals surface area contributed by atoms with Crippen LogP contribution in [0.4, 0.5) is 9.93 Å². The van der Waals surface area contributed by atoms with Crippen LogP contribution in [0, 0.1) is 23.7 Å². The Morgan fingerprint density at radius 3 is 2.18 bits per heavy atom. The van der Waals surface area contributed by atoms with E-state index in [-0.39, 0.29) is 91.7 Å². The first-order valence-electron chi connectivity index (χ1n) is 37.6. The van der Waals surface area contributed by atoms with Crippen molar-refractivity contribution in [1.29, 1.82) is 0 Å². The summed E-state index contributed by atoms with van der Waals surface area (Å²) in [7, 11) is 0. The second kappa shape index (κ2) is 35.1. The number of aliphatic hydroxyl groups is 6. The summed E-state index contributed by atoms with van der Waals surface area (Å²) in [6.45, 7) is 8.54. The molecule has 14 atom stereocenters. The van der Waals surface area contributed by atoms with E-state index in [1.165, 1.54) is 28.4 Å². The number of nitrogens with zero attached hydrogens (tertiary/aromatic N) is 6. The van der Waals surface area contributed by atoms with E-state index >= 15 is 0 Å². The molecule has 31 nitrogen and oxygen atoms in total. The van der Waals surface area contributed by atoms with E-state index in [0.29, 0.717) is 114 Å². The molecule has 32 heteroatoms. The molecule has 4 aromatic carbocycles. The maximum atomic E-state index is 14.6. The number of aromatic nitrogens is 4. The third-order valence-electron chi connectivity index (χ3n) is 21.6. The highest BCUT2D eigenvalue weighted by atomic mass is 32.1. The molecule has 5 aliphatic rings. The Morgan fingerprint density at radius 1 is 0.714 bits per heavy atom. The quantitative estimate of drug-likeness (QED) is 0.0144. The SMILES string of the molecule is Cc1c(-c2ccc(-c3ccc4cccc(C(=O)Nc5nc6ccccc6s5)c4c3)nc2C(=O)O)cnn1CC12CC(C)CC(C)(C1)CC(C)(OCCN(CCCO[C@@H]1O[C@H](C(=O)O)[C@@H](O)[C@H](O)[C@H]1O)C(=O)OCc1ccc(CCCCNC(=O)CCCCCN3C(=O)C=CC3=O)cc1O[C@@H]1O[C@H](C(=O)O)[C@@H](O)[C@H](O)[C@H]1O)C2. The molecule has 598 valence electrons. The number of thiazole rings is 1. The number of carboxylic acid groups (broad SMARTS) is 3. The van der Waals surface area contributed by atoms with Crippen LogP contribution in [0.25, 0.3) is 43.4 Å². The number of anilines is 1. The maximum Gasteiger partial charge on any atom is 0.410 e. The Labute approximate surface area is 648 Å². The topological polar surface area (TPSA) is 448 Å². The number of carbonyl (C=O) groups excluding carboxylic acids is 5. The van der Waals surface area contributed by atoms with Crippen LogP contribution in [0.2, 0.25) is 0 Å². The summed E-state index contributed by atoms with van der Waals surface area (Å²) in [5, 5.41) is 107. The number of ether oxygens (including phenoxy) is 6. The first-order chi connectivity index (χ1) is 53.5. The molecule has 112 heavy (non-hydrogen) atoms. The van der Waals surface area contributed by atoms with Gasteiger partial charge in [-0.3, -0.25) is 34.1 Å². The summed E-state index contributed by atoms with van der Waals surface area (Å²) >= 11 is 1.37. The Morgan fingerprint density at radius 2 is 1.45 bits per heavy atom. The number of unbranched alkanes of at least 4 members (excludes halogenated alkanes) is 3. The number of nitrogens with one attached hydrogen (secondary N) is 2. The average molecular weight is 1570 g/mol. The Hall–Kier alpha value is -9.71. The van der Waals surface area contributed by atoms with E-state index < -0.39 is 103 Å². The number of hydrogen-bond acceptors (Lipinski definition) is 24. The number of imide groups is 1. The van der Waals surface area contributed by atoms with Crippen LogP contribution in [0.5, 0.6) is 5.75 Å². The van der Waals surface area contributed by atoms with Gasteiger partial charge < -0.3 is 84.6 Å². The molecule has 5 amide bonds. The summed E-state index contributed by atoms with van der Waals surface area (Å²) in [6, 6.07) is 26.9. The van der Waals surface area contributed by atoms with Crippen LogP contribution in [0.15, 0.2) is 109 Å². The number of aliphatic hydroxyl groups excluding tert-OH is 6. The van der Waals surface area contributed by atoms with E-state index in [0.717, 1.165) is 45.5 Å². The molecule has 2 aliphatic carbocycles. The van der Waals surface area contributed by atoms with Crippen LogP contribution in [-0.4, -0.2) is 230 Å². The summed E-state index contributed by atoms with van der Waals surface area (Å²) in [4.78, 5) is 114. The van der Waals surface area contributed by atoms with Gasteiger partial charge in [0.1, 0.15) is 49.0 Å². The van der Waals surface area contributed by atoms with Gasteiger partial charge in [0, 0.05) is 84.8 Å². The number of pyridine rings is 1. The smallest absolute Gasteiger partial charge is 0.410 e. The second-order valence-corrected chi connectivity index (χ2v) is 31.6. The van der Waals surface area contributed by atoms with Gasteiger partial charge in [0.2, 0.25) is 12.2 Å². The second-order valence-electron chi connectivity index (χ2n) is 30.6. The third-order valence-corrected chi connectivity index (χ3v) is 22.5. The molecule has 11 N–H and O–H groups in total. The van der Waals surface area contributed by atoms with Gasteiger partial charge in [-0.05, 0) is 160 Å². The largest absolute Gasteiger partial charge is 0.479 e. The minimum Gasteiger partial charge on any atom is -0.479 e. The van der Waals surface area contributed by atoms with E-state index in [9.17, 15) is 84.3 Å². The number of amides is 5. The van der Waals surface area contributed by atoms with Crippen LogP contribution >= 0.6 is 11.3 Å². The zero-order chi connectivity index (χ0) is 79.9. The summed E-state index contributed by atoms with van der Waals surface area (Å²) in [5.41, 5.74) is 3.09. The zero-order valence-corrected chi connectivity index (χ0v) is 63.2. The summed E-state index contributed by atoms with van der Waals surface area (Å²) in [5.74, 6) is -5.47. The zero-order valence-electron chi connectivity index (χ0n) is 62.4. The molecule has 12 rings (SSSR count). The lowest BCUT2D eigenvalue weighted by atomic mass is 9.50. The number of carboxylic acids is 3. The molecule has 4 unspecified atom stereocenters. The van der Waals surface area contributed by atoms with Crippen molar-refractivity contribution in [2.24, 2.45) is 16.7 Å². The van der Waals surface area contributed by atoms with Crippen LogP contribution < -0.4 is 15.4 Å². The highest BCUT2D eigenvalue weighted by molar-refractivity contribution is 7.22. The highest BCUT2D eigenvalue weighted by Crippen LogP contribution is 2.61. The first-order valence-corrected chi connectivity index (χ1v) is 38.4. The van der Waals surface area contributed by atoms with Crippen molar-refractivity contribution in [3.8, 4) is 28.1 Å². The van der Waals surface area contributed by atoms with Crippen LogP contribution in [0.1, 0.15) is 135 Å². The molecule has 6 heterocycles. The molecular formula is C80H94N8O23S. The lowest BCUT2D eigenvalue weighted by Gasteiger charge is -2.59. The van der Waals surface area contributed by atoms with Gasteiger partial charge in [-0.25, -0.2) is 29.1 Å². The number of aryl methyl sites for hydroxylation is 1. The minimum absolute atomic E-state index is 0.0156. The van der Waals surface area contributed by atoms with Crippen LogP contribution in [0.3, 0.4) is 0 Å². The number of para-hydroxylation sites is 1. The van der Waals surface area contributed by atoms with Crippen molar-refractivity contribution >= 4 is 85.1 Å². The van der Waals surface area contributed by atoms with Gasteiger partial charge in [-0.15, -0.1) is 0 Å². The van der Waals surface area contributed by atoms with E-state index in [1.807, 2.05) is 67.1 Å². The van der Waals surface area contributed by atoms with Gasteiger partial charge >= 0.3 is 24.0 Å². The van der Waals surface area contributed by atoms with Crippen molar-refractivity contribution in [3.05, 3.63) is 137 Å². The molecule has 0 spiro atoms. The Kier molecular flexibility index (Phi) is 25.6. The number of rotatable bonds is 33. The summed E-state index contributed by atoms with van der Waals surface area (Å²) < 4.78 is 38.5. The van der Waals surface area contributed by atoms with Crippen molar-refractivity contribution < 1.29 is 113 Å². The van der Waals surface area contributed by atoms with Gasteiger partial charge in [0.15, 0.2) is 29.3 Å². The number of aromatic carboxylic acids is 1. The highest BCUT2D eigenvalue weighted by Gasteiger charge is 2.56. The van der Waals surface area contributed by atoms with Gasteiger partial charge in [-0.1, -0.05) is 80.1 Å². The number of aliphatic carboxylic acids is 2. The monoisotopic (exact) mass is 1570 g/mol. The molecule has 2 saturated carbocycles. The fraction of sp³-hybridized carbons (Fsp3) is 0.487. The maximum absolute atomic E-state index is 14.6.